The van der Waals surface area contributed by atoms with Crippen molar-refractivity contribution in [1.82, 2.24) is 4.98 Å². The van der Waals surface area contributed by atoms with Crippen LogP contribution in [-0.4, -0.2) is 16.1 Å². The Morgan fingerprint density at radius 3 is 2.24 bits per heavy atom. The smallest absolute Gasteiger partial charge is 0.335 e. The fourth-order valence-corrected chi connectivity index (χ4v) is 2.94. The summed E-state index contributed by atoms with van der Waals surface area (Å²) in [6.45, 7) is 2.06. The number of benzene rings is 2. The number of carbonyl (C=O) groups is 1. The van der Waals surface area contributed by atoms with Gasteiger partial charge in [-0.05, 0) is 24.6 Å². The Morgan fingerprint density at radius 1 is 1.00 bits per heavy atom. The molecule has 3 aromatic rings. The number of hydrogen-bond donors (Lipinski definition) is 1. The molecule has 1 aromatic heterocycles. The molecule has 0 bridgehead atoms. The van der Waals surface area contributed by atoms with Crippen LogP contribution in [-0.2, 0) is 0 Å². The largest absolute Gasteiger partial charge is 0.478 e. The molecule has 3 nitrogen and oxygen atoms in total. The molecule has 0 amide bonds. The SMILES string of the molecule is Cc1ccc(-c2cnc(-c3ccc(C(=O)O)cc3)s2)cc1. The molecule has 1 heterocycles. The first-order valence-electron chi connectivity index (χ1n) is 6.50. The Hall–Kier alpha value is -2.46. The predicted molar refractivity (Wildman–Crippen MR) is 84.7 cm³/mol. The summed E-state index contributed by atoms with van der Waals surface area (Å²) in [7, 11) is 0. The van der Waals surface area contributed by atoms with E-state index in [2.05, 4.69) is 36.2 Å². The lowest BCUT2D eigenvalue weighted by atomic mass is 10.1. The summed E-state index contributed by atoms with van der Waals surface area (Å²) in [5, 5.41) is 9.80. The maximum absolute atomic E-state index is 10.9. The number of carboxylic acid groups (broad SMARTS) is 1. The molecule has 3 rings (SSSR count). The summed E-state index contributed by atoms with van der Waals surface area (Å²) in [6, 6.07) is 15.1. The molecule has 0 aliphatic carbocycles. The van der Waals surface area contributed by atoms with E-state index in [4.69, 9.17) is 5.11 Å². The van der Waals surface area contributed by atoms with E-state index in [1.165, 1.54) is 5.56 Å². The van der Waals surface area contributed by atoms with Crippen molar-refractivity contribution in [3.05, 3.63) is 65.9 Å². The van der Waals surface area contributed by atoms with Crippen LogP contribution in [0.3, 0.4) is 0 Å². The molecular weight excluding hydrogens is 282 g/mol. The Labute approximate surface area is 126 Å². The molecule has 0 atom stereocenters. The summed E-state index contributed by atoms with van der Waals surface area (Å²) in [5.41, 5.74) is 3.59. The Morgan fingerprint density at radius 2 is 1.62 bits per heavy atom. The summed E-state index contributed by atoms with van der Waals surface area (Å²) >= 11 is 1.60. The van der Waals surface area contributed by atoms with Gasteiger partial charge in [0.2, 0.25) is 0 Å². The van der Waals surface area contributed by atoms with E-state index in [1.807, 2.05) is 6.20 Å². The normalized spacial score (nSPS) is 10.5. The minimum Gasteiger partial charge on any atom is -0.478 e. The number of thiazole rings is 1. The number of aromatic nitrogens is 1. The lowest BCUT2D eigenvalue weighted by molar-refractivity contribution is 0.0697. The van der Waals surface area contributed by atoms with Gasteiger partial charge in [0.1, 0.15) is 5.01 Å². The molecule has 0 radical (unpaired) electrons. The highest BCUT2D eigenvalue weighted by atomic mass is 32.1. The van der Waals surface area contributed by atoms with Gasteiger partial charge >= 0.3 is 5.97 Å². The molecule has 0 saturated heterocycles. The van der Waals surface area contributed by atoms with Crippen molar-refractivity contribution in [2.24, 2.45) is 0 Å². The first kappa shape index (κ1) is 13.5. The quantitative estimate of drug-likeness (QED) is 0.775. The van der Waals surface area contributed by atoms with Crippen LogP contribution < -0.4 is 0 Å². The topological polar surface area (TPSA) is 50.2 Å². The van der Waals surface area contributed by atoms with Gasteiger partial charge in [-0.15, -0.1) is 11.3 Å². The van der Waals surface area contributed by atoms with E-state index >= 15 is 0 Å². The summed E-state index contributed by atoms with van der Waals surface area (Å²) < 4.78 is 0. The highest BCUT2D eigenvalue weighted by Gasteiger charge is 2.08. The third-order valence-electron chi connectivity index (χ3n) is 3.22. The Kier molecular flexibility index (Phi) is 3.54. The molecule has 0 spiro atoms. The molecule has 2 aromatic carbocycles. The highest BCUT2D eigenvalue weighted by Crippen LogP contribution is 2.32. The minimum absolute atomic E-state index is 0.286. The van der Waals surface area contributed by atoms with Crippen LogP contribution in [0.2, 0.25) is 0 Å². The molecule has 4 heteroatoms. The monoisotopic (exact) mass is 295 g/mol. The second kappa shape index (κ2) is 5.50. The fraction of sp³-hybridized carbons (Fsp3) is 0.0588. The molecule has 21 heavy (non-hydrogen) atoms. The number of hydrogen-bond acceptors (Lipinski definition) is 3. The van der Waals surface area contributed by atoms with Gasteiger partial charge in [0.05, 0.1) is 10.4 Å². The minimum atomic E-state index is -0.916. The van der Waals surface area contributed by atoms with Gasteiger partial charge in [0.25, 0.3) is 0 Å². The number of aromatic carboxylic acids is 1. The molecule has 0 fully saturated rings. The van der Waals surface area contributed by atoms with Crippen LogP contribution in [0.25, 0.3) is 21.0 Å². The van der Waals surface area contributed by atoms with E-state index in [-0.39, 0.29) is 5.56 Å². The van der Waals surface area contributed by atoms with Crippen molar-refractivity contribution in [3.8, 4) is 21.0 Å². The molecular formula is C17H13NO2S. The number of carboxylic acids is 1. The zero-order valence-corrected chi connectivity index (χ0v) is 12.2. The lowest BCUT2D eigenvalue weighted by Gasteiger charge is -1.98. The van der Waals surface area contributed by atoms with Crippen molar-refractivity contribution in [2.45, 2.75) is 6.92 Å². The Bertz CT molecular complexity index is 773. The molecule has 0 saturated carbocycles. The zero-order valence-electron chi connectivity index (χ0n) is 11.4. The van der Waals surface area contributed by atoms with Gasteiger partial charge < -0.3 is 5.11 Å². The standard InChI is InChI=1S/C17H13NO2S/c1-11-2-4-12(5-3-11)15-10-18-16(21-15)13-6-8-14(9-7-13)17(19)20/h2-10H,1H3,(H,19,20). The zero-order chi connectivity index (χ0) is 14.8. The first-order valence-corrected chi connectivity index (χ1v) is 7.32. The average molecular weight is 295 g/mol. The van der Waals surface area contributed by atoms with Gasteiger partial charge in [-0.2, -0.15) is 0 Å². The second-order valence-electron chi connectivity index (χ2n) is 4.78. The molecule has 0 unspecified atom stereocenters. The van der Waals surface area contributed by atoms with Gasteiger partial charge in [-0.25, -0.2) is 9.78 Å². The third-order valence-corrected chi connectivity index (χ3v) is 4.32. The van der Waals surface area contributed by atoms with Crippen molar-refractivity contribution in [2.75, 3.05) is 0 Å². The van der Waals surface area contributed by atoms with Crippen LogP contribution in [0.1, 0.15) is 15.9 Å². The van der Waals surface area contributed by atoms with E-state index in [0.29, 0.717) is 0 Å². The van der Waals surface area contributed by atoms with Gasteiger partial charge in [-0.3, -0.25) is 0 Å². The van der Waals surface area contributed by atoms with Crippen LogP contribution in [0, 0.1) is 6.92 Å². The van der Waals surface area contributed by atoms with E-state index in [0.717, 1.165) is 21.0 Å². The van der Waals surface area contributed by atoms with Crippen LogP contribution in [0.4, 0.5) is 0 Å². The van der Waals surface area contributed by atoms with Crippen LogP contribution in [0.15, 0.2) is 54.7 Å². The summed E-state index contributed by atoms with van der Waals surface area (Å²) in [6.07, 6.45) is 1.86. The van der Waals surface area contributed by atoms with Crippen LogP contribution >= 0.6 is 11.3 Å². The first-order chi connectivity index (χ1) is 10.1. The molecule has 104 valence electrons. The Balaban J connectivity index is 1.90. The lowest BCUT2D eigenvalue weighted by Crippen LogP contribution is -1.94. The fourth-order valence-electron chi connectivity index (χ4n) is 2.01. The van der Waals surface area contributed by atoms with E-state index in [1.54, 1.807) is 35.6 Å². The number of rotatable bonds is 3. The molecule has 0 aliphatic heterocycles. The van der Waals surface area contributed by atoms with Crippen molar-refractivity contribution in [3.63, 3.8) is 0 Å². The molecule has 0 aliphatic rings. The second-order valence-corrected chi connectivity index (χ2v) is 5.81. The molecule has 1 N–H and O–H groups in total. The van der Waals surface area contributed by atoms with Gasteiger partial charge in [-0.1, -0.05) is 42.0 Å². The van der Waals surface area contributed by atoms with Crippen molar-refractivity contribution in [1.29, 1.82) is 0 Å². The maximum atomic E-state index is 10.9. The van der Waals surface area contributed by atoms with Gasteiger partial charge in [0, 0.05) is 11.8 Å². The maximum Gasteiger partial charge on any atom is 0.335 e. The summed E-state index contributed by atoms with van der Waals surface area (Å²) in [5.74, 6) is -0.916. The van der Waals surface area contributed by atoms with E-state index in [9.17, 15) is 4.79 Å². The number of aryl methyl sites for hydroxylation is 1. The van der Waals surface area contributed by atoms with Crippen molar-refractivity contribution < 1.29 is 9.90 Å². The average Bonchev–Trinajstić information content (AvgIpc) is 2.98. The predicted octanol–water partition coefficient (Wildman–Crippen LogP) is 4.48. The highest BCUT2D eigenvalue weighted by molar-refractivity contribution is 7.18. The van der Waals surface area contributed by atoms with E-state index < -0.39 is 5.97 Å². The van der Waals surface area contributed by atoms with Crippen LogP contribution in [0.5, 0.6) is 0 Å². The third kappa shape index (κ3) is 2.85. The number of nitrogens with zero attached hydrogens (tertiary/aromatic N) is 1. The van der Waals surface area contributed by atoms with Crippen molar-refractivity contribution >= 4 is 17.3 Å². The summed E-state index contributed by atoms with van der Waals surface area (Å²) in [4.78, 5) is 16.4. The van der Waals surface area contributed by atoms with Gasteiger partial charge in [0.15, 0.2) is 0 Å².